The summed E-state index contributed by atoms with van der Waals surface area (Å²) < 4.78 is 36.7. The van der Waals surface area contributed by atoms with E-state index in [9.17, 15) is 27.6 Å². The lowest BCUT2D eigenvalue weighted by Crippen LogP contribution is -2.33. The number of amides is 3. The van der Waals surface area contributed by atoms with Gasteiger partial charge in [-0.25, -0.2) is 5.01 Å². The van der Waals surface area contributed by atoms with Crippen LogP contribution in [0.5, 0.6) is 0 Å². The number of benzene rings is 2. The number of hydrogen-bond donors (Lipinski definition) is 2. The smallest absolute Gasteiger partial charge is 0.343 e. The highest BCUT2D eigenvalue weighted by Crippen LogP contribution is 2.17. The molecule has 32 heavy (non-hydrogen) atoms. The van der Waals surface area contributed by atoms with Crippen molar-refractivity contribution in [2.24, 2.45) is 5.10 Å². The third-order valence-electron chi connectivity index (χ3n) is 4.62. The maximum Gasteiger partial charge on any atom is 0.405 e. The number of nitrogens with one attached hydrogen (secondary N) is 2. The molecule has 0 radical (unpaired) electrons. The first-order valence-corrected chi connectivity index (χ1v) is 9.89. The zero-order valence-corrected chi connectivity index (χ0v) is 17.0. The molecule has 168 valence electrons. The van der Waals surface area contributed by atoms with E-state index in [1.807, 2.05) is 30.3 Å². The fourth-order valence-electron chi connectivity index (χ4n) is 3.06. The molecule has 3 amide bonds. The van der Waals surface area contributed by atoms with Crippen LogP contribution in [0.3, 0.4) is 0 Å². The number of hydrazone groups is 1. The molecule has 2 N–H and O–H groups in total. The van der Waals surface area contributed by atoms with Gasteiger partial charge in [0.05, 0.1) is 12.3 Å². The molecule has 0 bridgehead atoms. The molecule has 0 atom stereocenters. The van der Waals surface area contributed by atoms with E-state index in [0.29, 0.717) is 13.0 Å². The second-order valence-corrected chi connectivity index (χ2v) is 7.11. The Morgan fingerprint density at radius 3 is 2.47 bits per heavy atom. The third-order valence-corrected chi connectivity index (χ3v) is 4.62. The van der Waals surface area contributed by atoms with Crippen molar-refractivity contribution in [2.75, 3.05) is 18.4 Å². The summed E-state index contributed by atoms with van der Waals surface area (Å²) in [5.41, 5.74) is 1.97. The van der Waals surface area contributed by atoms with Crippen molar-refractivity contribution < 1.29 is 27.6 Å². The summed E-state index contributed by atoms with van der Waals surface area (Å²) in [5.74, 6) is -1.65. The van der Waals surface area contributed by atoms with Gasteiger partial charge >= 0.3 is 6.18 Å². The van der Waals surface area contributed by atoms with E-state index in [1.54, 1.807) is 5.32 Å². The van der Waals surface area contributed by atoms with E-state index < -0.39 is 24.5 Å². The first-order valence-electron chi connectivity index (χ1n) is 9.89. The zero-order valence-electron chi connectivity index (χ0n) is 17.0. The number of nitrogens with zero attached hydrogens (tertiary/aromatic N) is 2. The highest BCUT2D eigenvalue weighted by atomic mass is 19.4. The summed E-state index contributed by atoms with van der Waals surface area (Å²) in [4.78, 5) is 36.4. The minimum Gasteiger partial charge on any atom is -0.343 e. The topological polar surface area (TPSA) is 90.9 Å². The average molecular weight is 446 g/mol. The first kappa shape index (κ1) is 23.0. The number of anilines is 1. The number of carbonyl (C=O) groups excluding carboxylic acids is 3. The Labute approximate surface area is 182 Å². The highest BCUT2D eigenvalue weighted by Gasteiger charge is 2.28. The monoisotopic (exact) mass is 446 g/mol. The largest absolute Gasteiger partial charge is 0.405 e. The Bertz CT molecular complexity index is 1020. The number of alkyl halides is 3. The molecule has 0 fully saturated rings. The van der Waals surface area contributed by atoms with Crippen LogP contribution in [0.2, 0.25) is 0 Å². The van der Waals surface area contributed by atoms with Crippen molar-refractivity contribution in [3.63, 3.8) is 0 Å². The van der Waals surface area contributed by atoms with Gasteiger partial charge in [0.2, 0.25) is 11.8 Å². The normalized spacial score (nSPS) is 13.5. The van der Waals surface area contributed by atoms with Crippen LogP contribution < -0.4 is 10.6 Å². The lowest BCUT2D eigenvalue weighted by Gasteiger charge is -2.12. The van der Waals surface area contributed by atoms with Crippen molar-refractivity contribution in [3.05, 3.63) is 65.7 Å². The van der Waals surface area contributed by atoms with Crippen LogP contribution in [-0.2, 0) is 9.59 Å². The highest BCUT2D eigenvalue weighted by molar-refractivity contribution is 6.03. The van der Waals surface area contributed by atoms with Crippen LogP contribution in [0, 0.1) is 0 Å². The van der Waals surface area contributed by atoms with Gasteiger partial charge in [0, 0.05) is 30.5 Å². The van der Waals surface area contributed by atoms with Gasteiger partial charge in [0.25, 0.3) is 5.91 Å². The van der Waals surface area contributed by atoms with Crippen LogP contribution in [0.4, 0.5) is 18.9 Å². The standard InChI is InChI=1S/C22H21F3N4O3/c23-22(24,25)14-26-21(32)16-7-4-8-17(13-16)27-19(30)9-10-20(31)29-12-11-18(28-29)15-5-2-1-3-6-15/h1-8,13H,9-12,14H2,(H,26,32)(H,27,30). The fraction of sp³-hybridized carbons (Fsp3) is 0.273. The van der Waals surface area contributed by atoms with Crippen molar-refractivity contribution in [1.82, 2.24) is 10.3 Å². The summed E-state index contributed by atoms with van der Waals surface area (Å²) >= 11 is 0. The van der Waals surface area contributed by atoms with Crippen molar-refractivity contribution in [3.8, 4) is 0 Å². The summed E-state index contributed by atoms with van der Waals surface area (Å²) in [7, 11) is 0. The van der Waals surface area contributed by atoms with Crippen LogP contribution in [0.25, 0.3) is 0 Å². The van der Waals surface area contributed by atoms with Crippen molar-refractivity contribution in [2.45, 2.75) is 25.4 Å². The minimum atomic E-state index is -4.52. The van der Waals surface area contributed by atoms with Crippen LogP contribution in [0.1, 0.15) is 35.2 Å². The molecular formula is C22H21F3N4O3. The Morgan fingerprint density at radius 2 is 1.75 bits per heavy atom. The molecule has 0 aromatic heterocycles. The van der Waals surface area contributed by atoms with Crippen molar-refractivity contribution >= 4 is 29.1 Å². The predicted octanol–water partition coefficient (Wildman–Crippen LogP) is 3.33. The second-order valence-electron chi connectivity index (χ2n) is 7.11. The van der Waals surface area contributed by atoms with E-state index in [1.165, 1.54) is 29.3 Å². The third kappa shape index (κ3) is 6.66. The second kappa shape index (κ2) is 10.1. The van der Waals surface area contributed by atoms with E-state index >= 15 is 0 Å². The van der Waals surface area contributed by atoms with E-state index in [2.05, 4.69) is 10.4 Å². The van der Waals surface area contributed by atoms with Crippen molar-refractivity contribution in [1.29, 1.82) is 0 Å². The molecule has 1 aliphatic heterocycles. The first-order chi connectivity index (χ1) is 15.2. The molecule has 10 heteroatoms. The van der Waals surface area contributed by atoms with Gasteiger partial charge < -0.3 is 10.6 Å². The van der Waals surface area contributed by atoms with Crippen LogP contribution in [-0.4, -0.2) is 47.7 Å². The van der Waals surface area contributed by atoms with Crippen LogP contribution >= 0.6 is 0 Å². The van der Waals surface area contributed by atoms with Gasteiger partial charge in [-0.3, -0.25) is 14.4 Å². The summed E-state index contributed by atoms with van der Waals surface area (Å²) in [6.07, 6.45) is -4.04. The quantitative estimate of drug-likeness (QED) is 0.684. The lowest BCUT2D eigenvalue weighted by molar-refractivity contribution is -0.132. The number of hydrogen-bond acceptors (Lipinski definition) is 4. The molecule has 0 aliphatic carbocycles. The molecule has 1 heterocycles. The zero-order chi connectivity index (χ0) is 23.1. The molecule has 2 aromatic carbocycles. The molecule has 0 saturated carbocycles. The van der Waals surface area contributed by atoms with E-state index in [-0.39, 0.29) is 30.0 Å². The van der Waals surface area contributed by atoms with Gasteiger partial charge in [-0.2, -0.15) is 18.3 Å². The molecule has 3 rings (SSSR count). The molecule has 0 saturated heterocycles. The summed E-state index contributed by atoms with van der Waals surface area (Å²) in [5, 5.41) is 9.99. The van der Waals surface area contributed by atoms with Crippen LogP contribution in [0.15, 0.2) is 59.7 Å². The Balaban J connectivity index is 1.49. The van der Waals surface area contributed by atoms with Gasteiger partial charge in [0.15, 0.2) is 0 Å². The molecule has 7 nitrogen and oxygen atoms in total. The van der Waals surface area contributed by atoms with Gasteiger partial charge in [-0.1, -0.05) is 36.4 Å². The molecule has 2 aromatic rings. The lowest BCUT2D eigenvalue weighted by atomic mass is 10.1. The minimum absolute atomic E-state index is 0.0250. The predicted molar refractivity (Wildman–Crippen MR) is 112 cm³/mol. The molecular weight excluding hydrogens is 425 g/mol. The Kier molecular flexibility index (Phi) is 7.24. The van der Waals surface area contributed by atoms with Gasteiger partial charge in [-0.15, -0.1) is 0 Å². The van der Waals surface area contributed by atoms with Gasteiger partial charge in [0.1, 0.15) is 6.54 Å². The van der Waals surface area contributed by atoms with E-state index in [0.717, 1.165) is 11.3 Å². The fourth-order valence-corrected chi connectivity index (χ4v) is 3.06. The summed E-state index contributed by atoms with van der Waals surface area (Å²) in [6.45, 7) is -1.00. The van der Waals surface area contributed by atoms with Gasteiger partial charge in [-0.05, 0) is 23.8 Å². The molecule has 1 aliphatic rings. The molecule has 0 spiro atoms. The average Bonchev–Trinajstić information content (AvgIpc) is 3.26. The Morgan fingerprint density at radius 1 is 1.00 bits per heavy atom. The number of carbonyl (C=O) groups is 3. The maximum atomic E-state index is 12.4. The molecule has 0 unspecified atom stereocenters. The number of rotatable bonds is 7. The maximum absolute atomic E-state index is 12.4. The SMILES string of the molecule is O=C(CCC(=O)N1CCC(c2ccccc2)=N1)Nc1cccc(C(=O)NCC(F)(F)F)c1. The summed E-state index contributed by atoms with van der Waals surface area (Å²) in [6, 6.07) is 15.0. The number of halogens is 3. The Hall–Kier alpha value is -3.69. The van der Waals surface area contributed by atoms with E-state index in [4.69, 9.17) is 0 Å².